The van der Waals surface area contributed by atoms with Gasteiger partial charge in [-0.05, 0) is 24.0 Å². The Labute approximate surface area is 120 Å². The van der Waals surface area contributed by atoms with Crippen LogP contribution in [0.1, 0.15) is 25.8 Å². The summed E-state index contributed by atoms with van der Waals surface area (Å²) in [6, 6.07) is 14.1. The lowest BCUT2D eigenvalue weighted by Crippen LogP contribution is -2.07. The van der Waals surface area contributed by atoms with Crippen molar-refractivity contribution >= 4 is 5.82 Å². The van der Waals surface area contributed by atoms with Gasteiger partial charge in [-0.25, -0.2) is 4.98 Å². The summed E-state index contributed by atoms with van der Waals surface area (Å²) in [6.07, 6.45) is 2.88. The van der Waals surface area contributed by atoms with Crippen molar-refractivity contribution in [3.05, 3.63) is 48.2 Å². The first-order chi connectivity index (χ1) is 9.70. The van der Waals surface area contributed by atoms with Gasteiger partial charge in [-0.3, -0.25) is 0 Å². The molecule has 0 amide bonds. The molecule has 3 nitrogen and oxygen atoms in total. The van der Waals surface area contributed by atoms with Crippen LogP contribution >= 0.6 is 0 Å². The highest BCUT2D eigenvalue weighted by Crippen LogP contribution is 2.22. The third-order valence-electron chi connectivity index (χ3n) is 3.13. The number of anilines is 1. The van der Waals surface area contributed by atoms with Crippen molar-refractivity contribution in [3.63, 3.8) is 0 Å². The molecule has 1 aromatic carbocycles. The predicted octanol–water partition coefficient (Wildman–Crippen LogP) is 4.08. The van der Waals surface area contributed by atoms with Gasteiger partial charge in [-0.1, -0.05) is 44.2 Å². The van der Waals surface area contributed by atoms with Crippen LogP contribution in [0.2, 0.25) is 0 Å². The number of nitrogens with one attached hydrogen (secondary N) is 1. The highest BCUT2D eigenvalue weighted by atomic mass is 15.0. The predicted molar refractivity (Wildman–Crippen MR) is 82.3 cm³/mol. The van der Waals surface area contributed by atoms with E-state index in [0.29, 0.717) is 17.3 Å². The van der Waals surface area contributed by atoms with E-state index in [1.165, 1.54) is 0 Å². The van der Waals surface area contributed by atoms with E-state index in [1.807, 2.05) is 42.6 Å². The molecule has 0 fully saturated rings. The molecule has 0 bridgehead atoms. The molecule has 0 unspecified atom stereocenters. The van der Waals surface area contributed by atoms with E-state index in [0.717, 1.165) is 24.1 Å². The second-order valence-corrected chi connectivity index (χ2v) is 5.21. The molecule has 0 radical (unpaired) electrons. The van der Waals surface area contributed by atoms with Gasteiger partial charge in [0.2, 0.25) is 0 Å². The molecule has 0 aliphatic heterocycles. The maximum atomic E-state index is 9.27. The van der Waals surface area contributed by atoms with Crippen molar-refractivity contribution < 1.29 is 0 Å². The molecule has 0 saturated carbocycles. The molecular weight excluding hydrogens is 246 g/mol. The van der Waals surface area contributed by atoms with Crippen LogP contribution in [0.15, 0.2) is 42.6 Å². The summed E-state index contributed by atoms with van der Waals surface area (Å²) in [5.41, 5.74) is 2.64. The third-order valence-corrected chi connectivity index (χ3v) is 3.13. The minimum atomic E-state index is 0.593. The second kappa shape index (κ2) is 6.72. The van der Waals surface area contributed by atoms with E-state index < -0.39 is 0 Å². The fraction of sp³-hybridized carbons (Fsp3) is 0.294. The van der Waals surface area contributed by atoms with Crippen molar-refractivity contribution in [2.45, 2.75) is 20.3 Å². The minimum Gasteiger partial charge on any atom is -0.369 e. The summed E-state index contributed by atoms with van der Waals surface area (Å²) < 4.78 is 0. The zero-order valence-corrected chi connectivity index (χ0v) is 11.9. The third kappa shape index (κ3) is 3.58. The first kappa shape index (κ1) is 14.1. The lowest BCUT2D eigenvalue weighted by molar-refractivity contribution is 0.606. The Morgan fingerprint density at radius 2 is 1.95 bits per heavy atom. The molecule has 0 aliphatic rings. The Morgan fingerprint density at radius 1 is 1.20 bits per heavy atom. The maximum absolute atomic E-state index is 9.27. The van der Waals surface area contributed by atoms with Gasteiger partial charge in [0.1, 0.15) is 11.9 Å². The van der Waals surface area contributed by atoms with Crippen molar-refractivity contribution in [2.24, 2.45) is 5.92 Å². The summed E-state index contributed by atoms with van der Waals surface area (Å²) in [5, 5.41) is 12.5. The normalized spacial score (nSPS) is 10.3. The van der Waals surface area contributed by atoms with Crippen LogP contribution in [-0.2, 0) is 0 Å². The number of pyridine rings is 1. The highest BCUT2D eigenvalue weighted by molar-refractivity contribution is 5.67. The molecule has 0 saturated heterocycles. The number of aromatic nitrogens is 1. The van der Waals surface area contributed by atoms with Crippen LogP contribution in [-0.4, -0.2) is 11.5 Å². The monoisotopic (exact) mass is 265 g/mol. The highest BCUT2D eigenvalue weighted by Gasteiger charge is 2.06. The van der Waals surface area contributed by atoms with Gasteiger partial charge < -0.3 is 5.32 Å². The van der Waals surface area contributed by atoms with E-state index in [2.05, 4.69) is 30.2 Å². The van der Waals surface area contributed by atoms with Crippen LogP contribution in [0, 0.1) is 17.2 Å². The summed E-state index contributed by atoms with van der Waals surface area (Å²) in [5.74, 6) is 1.31. The first-order valence-corrected chi connectivity index (χ1v) is 6.90. The van der Waals surface area contributed by atoms with Gasteiger partial charge >= 0.3 is 0 Å². The molecule has 1 aromatic heterocycles. The topological polar surface area (TPSA) is 48.7 Å². The zero-order chi connectivity index (χ0) is 14.4. The van der Waals surface area contributed by atoms with Gasteiger partial charge in [-0.2, -0.15) is 5.26 Å². The maximum Gasteiger partial charge on any atom is 0.143 e. The first-order valence-electron chi connectivity index (χ1n) is 6.90. The Morgan fingerprint density at radius 3 is 2.60 bits per heavy atom. The summed E-state index contributed by atoms with van der Waals surface area (Å²) >= 11 is 0. The van der Waals surface area contributed by atoms with Crippen LogP contribution in [0.3, 0.4) is 0 Å². The van der Waals surface area contributed by atoms with Gasteiger partial charge in [0.25, 0.3) is 0 Å². The smallest absolute Gasteiger partial charge is 0.143 e. The van der Waals surface area contributed by atoms with E-state index >= 15 is 0 Å². The molecule has 3 heteroatoms. The van der Waals surface area contributed by atoms with E-state index in [9.17, 15) is 5.26 Å². The van der Waals surface area contributed by atoms with E-state index in [-0.39, 0.29) is 0 Å². The largest absolute Gasteiger partial charge is 0.369 e. The second-order valence-electron chi connectivity index (χ2n) is 5.21. The lowest BCUT2D eigenvalue weighted by Gasteiger charge is -2.10. The quantitative estimate of drug-likeness (QED) is 0.886. The fourth-order valence-corrected chi connectivity index (χ4v) is 1.96. The minimum absolute atomic E-state index is 0.593. The Hall–Kier alpha value is -2.34. The van der Waals surface area contributed by atoms with Gasteiger partial charge in [0.05, 0.1) is 5.56 Å². The number of hydrogen-bond acceptors (Lipinski definition) is 3. The number of nitriles is 1. The SMILES string of the molecule is CC(C)CCNc1ncc(-c2ccccc2)cc1C#N. The fourth-order valence-electron chi connectivity index (χ4n) is 1.96. The molecule has 1 heterocycles. The molecule has 0 spiro atoms. The van der Waals surface area contributed by atoms with Crippen LogP contribution < -0.4 is 5.32 Å². The Kier molecular flexibility index (Phi) is 4.73. The molecule has 2 aromatic rings. The van der Waals surface area contributed by atoms with Crippen molar-refractivity contribution in [2.75, 3.05) is 11.9 Å². The number of benzene rings is 1. The van der Waals surface area contributed by atoms with Gasteiger partial charge in [0.15, 0.2) is 0 Å². The lowest BCUT2D eigenvalue weighted by atomic mass is 10.1. The van der Waals surface area contributed by atoms with E-state index in [4.69, 9.17) is 0 Å². The summed E-state index contributed by atoms with van der Waals surface area (Å²) in [4.78, 5) is 4.39. The molecule has 20 heavy (non-hydrogen) atoms. The summed E-state index contributed by atoms with van der Waals surface area (Å²) in [6.45, 7) is 5.20. The van der Waals surface area contributed by atoms with Crippen molar-refractivity contribution in [3.8, 4) is 17.2 Å². The standard InChI is InChI=1S/C17H19N3/c1-13(2)8-9-19-17-15(11-18)10-16(12-20-17)14-6-4-3-5-7-14/h3-7,10,12-13H,8-9H2,1-2H3,(H,19,20). The molecular formula is C17H19N3. The number of nitrogens with zero attached hydrogens (tertiary/aromatic N) is 2. The molecule has 0 atom stereocenters. The number of hydrogen-bond donors (Lipinski definition) is 1. The Bertz CT molecular complexity index is 597. The van der Waals surface area contributed by atoms with Gasteiger partial charge in [-0.15, -0.1) is 0 Å². The summed E-state index contributed by atoms with van der Waals surface area (Å²) in [7, 11) is 0. The van der Waals surface area contributed by atoms with Crippen molar-refractivity contribution in [1.29, 1.82) is 5.26 Å². The average molecular weight is 265 g/mol. The van der Waals surface area contributed by atoms with E-state index in [1.54, 1.807) is 0 Å². The van der Waals surface area contributed by atoms with Crippen molar-refractivity contribution in [1.82, 2.24) is 4.98 Å². The molecule has 1 N–H and O–H groups in total. The van der Waals surface area contributed by atoms with Crippen LogP contribution in [0.25, 0.3) is 11.1 Å². The molecule has 102 valence electrons. The average Bonchev–Trinajstić information content (AvgIpc) is 2.48. The number of rotatable bonds is 5. The van der Waals surface area contributed by atoms with Crippen LogP contribution in [0.5, 0.6) is 0 Å². The molecule has 2 rings (SSSR count). The van der Waals surface area contributed by atoms with Gasteiger partial charge in [0, 0.05) is 18.3 Å². The Balaban J connectivity index is 2.19. The van der Waals surface area contributed by atoms with Crippen LogP contribution in [0.4, 0.5) is 5.82 Å². The molecule has 0 aliphatic carbocycles. The zero-order valence-electron chi connectivity index (χ0n) is 11.9.